The zero-order valence-electron chi connectivity index (χ0n) is 13.3. The maximum absolute atomic E-state index is 12.3. The first-order valence-electron chi connectivity index (χ1n) is 7.42. The van der Waals surface area contributed by atoms with E-state index in [9.17, 15) is 4.79 Å². The molecular formula is C17H18N4OS. The first-order valence-corrected chi connectivity index (χ1v) is 8.29. The van der Waals surface area contributed by atoms with E-state index in [0.717, 1.165) is 10.5 Å². The van der Waals surface area contributed by atoms with Gasteiger partial charge in [0.05, 0.1) is 11.9 Å². The summed E-state index contributed by atoms with van der Waals surface area (Å²) in [7, 11) is 0. The molecule has 0 atom stereocenters. The Morgan fingerprint density at radius 2 is 2.09 bits per heavy atom. The highest BCUT2D eigenvalue weighted by atomic mass is 32.1. The molecule has 1 aromatic carbocycles. The van der Waals surface area contributed by atoms with E-state index in [1.165, 1.54) is 16.9 Å². The Morgan fingerprint density at radius 1 is 1.35 bits per heavy atom. The quantitative estimate of drug-likeness (QED) is 0.588. The van der Waals surface area contributed by atoms with Gasteiger partial charge in [-0.05, 0) is 24.0 Å². The topological polar surface area (TPSA) is 58.8 Å². The lowest BCUT2D eigenvalue weighted by molar-refractivity contribution is 0.0948. The molecule has 0 aliphatic carbocycles. The van der Waals surface area contributed by atoms with Gasteiger partial charge in [-0.1, -0.05) is 38.1 Å². The average molecular weight is 326 g/mol. The molecule has 3 aromatic rings. The van der Waals surface area contributed by atoms with Crippen molar-refractivity contribution in [2.24, 2.45) is 5.10 Å². The molecule has 0 bridgehead atoms. The average Bonchev–Trinajstić information content (AvgIpc) is 3.07. The highest BCUT2D eigenvalue weighted by molar-refractivity contribution is 7.15. The van der Waals surface area contributed by atoms with Crippen LogP contribution in [0.15, 0.2) is 40.9 Å². The summed E-state index contributed by atoms with van der Waals surface area (Å²) in [6.45, 7) is 6.13. The third kappa shape index (κ3) is 3.17. The number of aryl methyl sites for hydroxylation is 1. The Labute approximate surface area is 138 Å². The van der Waals surface area contributed by atoms with Crippen LogP contribution in [-0.2, 0) is 0 Å². The van der Waals surface area contributed by atoms with Crippen LogP contribution in [-0.4, -0.2) is 21.5 Å². The number of nitrogens with zero attached hydrogens (tertiary/aromatic N) is 3. The van der Waals surface area contributed by atoms with Crippen LogP contribution in [0.25, 0.3) is 4.96 Å². The minimum absolute atomic E-state index is 0.261. The second-order valence-corrected chi connectivity index (χ2v) is 6.49. The van der Waals surface area contributed by atoms with E-state index in [0.29, 0.717) is 17.3 Å². The molecule has 0 aliphatic heterocycles. The summed E-state index contributed by atoms with van der Waals surface area (Å²) in [4.78, 5) is 17.5. The molecule has 2 aromatic heterocycles. The Kier molecular flexibility index (Phi) is 4.25. The predicted molar refractivity (Wildman–Crippen MR) is 93.4 cm³/mol. The SMILES string of the molecule is Cc1nc2sccn2c1C(=O)NN=Cc1ccc(C(C)C)cc1. The predicted octanol–water partition coefficient (Wildman–Crippen LogP) is 3.59. The number of amides is 1. The molecule has 0 radical (unpaired) electrons. The molecule has 0 saturated heterocycles. The van der Waals surface area contributed by atoms with Crippen molar-refractivity contribution in [3.05, 3.63) is 58.4 Å². The minimum atomic E-state index is -0.261. The number of carbonyl (C=O) groups is 1. The number of aromatic nitrogens is 2. The number of hydrogen-bond donors (Lipinski definition) is 1. The fraction of sp³-hybridized carbons (Fsp3) is 0.235. The highest BCUT2D eigenvalue weighted by Gasteiger charge is 2.16. The number of rotatable bonds is 4. The highest BCUT2D eigenvalue weighted by Crippen LogP contribution is 2.16. The molecule has 1 amide bonds. The summed E-state index contributed by atoms with van der Waals surface area (Å²) in [5.74, 6) is 0.238. The summed E-state index contributed by atoms with van der Waals surface area (Å²) in [6, 6.07) is 8.13. The number of benzene rings is 1. The van der Waals surface area contributed by atoms with Gasteiger partial charge in [0.1, 0.15) is 5.69 Å². The van der Waals surface area contributed by atoms with Gasteiger partial charge in [0.2, 0.25) is 0 Å². The summed E-state index contributed by atoms with van der Waals surface area (Å²) >= 11 is 1.50. The summed E-state index contributed by atoms with van der Waals surface area (Å²) < 4.78 is 1.78. The number of nitrogens with one attached hydrogen (secondary N) is 1. The van der Waals surface area contributed by atoms with Crippen molar-refractivity contribution in [2.75, 3.05) is 0 Å². The molecule has 1 N–H and O–H groups in total. The van der Waals surface area contributed by atoms with E-state index in [-0.39, 0.29) is 5.91 Å². The number of hydrogen-bond acceptors (Lipinski definition) is 4. The van der Waals surface area contributed by atoms with Gasteiger partial charge in [-0.25, -0.2) is 10.4 Å². The molecular weight excluding hydrogens is 308 g/mol. The third-order valence-electron chi connectivity index (χ3n) is 3.63. The molecule has 0 saturated carbocycles. The van der Waals surface area contributed by atoms with Crippen LogP contribution in [0.4, 0.5) is 0 Å². The van der Waals surface area contributed by atoms with Crippen molar-refractivity contribution in [1.82, 2.24) is 14.8 Å². The minimum Gasteiger partial charge on any atom is -0.286 e. The lowest BCUT2D eigenvalue weighted by atomic mass is 10.0. The first-order chi connectivity index (χ1) is 11.1. The zero-order valence-corrected chi connectivity index (χ0v) is 14.1. The van der Waals surface area contributed by atoms with Crippen molar-refractivity contribution in [1.29, 1.82) is 0 Å². The van der Waals surface area contributed by atoms with E-state index in [1.54, 1.807) is 10.6 Å². The van der Waals surface area contributed by atoms with Crippen molar-refractivity contribution in [2.45, 2.75) is 26.7 Å². The van der Waals surface area contributed by atoms with Gasteiger partial charge in [0.15, 0.2) is 4.96 Å². The van der Waals surface area contributed by atoms with Crippen LogP contribution in [0.2, 0.25) is 0 Å². The van der Waals surface area contributed by atoms with Crippen molar-refractivity contribution in [3.63, 3.8) is 0 Å². The smallest absolute Gasteiger partial charge is 0.286 e. The molecule has 3 rings (SSSR count). The van der Waals surface area contributed by atoms with Crippen LogP contribution in [0.3, 0.4) is 0 Å². The second kappa shape index (κ2) is 6.34. The molecule has 0 unspecified atom stereocenters. The largest absolute Gasteiger partial charge is 0.290 e. The lowest BCUT2D eigenvalue weighted by Crippen LogP contribution is -2.20. The van der Waals surface area contributed by atoms with Crippen LogP contribution in [0.5, 0.6) is 0 Å². The van der Waals surface area contributed by atoms with Crippen LogP contribution < -0.4 is 5.43 Å². The van der Waals surface area contributed by atoms with Crippen molar-refractivity contribution in [3.8, 4) is 0 Å². The van der Waals surface area contributed by atoms with E-state index < -0.39 is 0 Å². The number of hydrazone groups is 1. The summed E-state index contributed by atoms with van der Waals surface area (Å²) in [5.41, 5.74) is 6.01. The summed E-state index contributed by atoms with van der Waals surface area (Å²) in [6.07, 6.45) is 3.48. The fourth-order valence-corrected chi connectivity index (χ4v) is 3.11. The van der Waals surface area contributed by atoms with Gasteiger partial charge in [-0.2, -0.15) is 5.10 Å². The zero-order chi connectivity index (χ0) is 16.4. The first kappa shape index (κ1) is 15.4. The van der Waals surface area contributed by atoms with Gasteiger partial charge in [0, 0.05) is 11.6 Å². The van der Waals surface area contributed by atoms with E-state index in [2.05, 4.69) is 41.5 Å². The molecule has 6 heteroatoms. The lowest BCUT2D eigenvalue weighted by Gasteiger charge is -2.04. The molecule has 23 heavy (non-hydrogen) atoms. The molecule has 5 nitrogen and oxygen atoms in total. The Balaban J connectivity index is 1.71. The third-order valence-corrected chi connectivity index (χ3v) is 4.39. The van der Waals surface area contributed by atoms with Crippen molar-refractivity contribution >= 4 is 28.4 Å². The molecule has 0 spiro atoms. The van der Waals surface area contributed by atoms with Crippen LogP contribution in [0.1, 0.15) is 47.1 Å². The fourth-order valence-electron chi connectivity index (χ4n) is 2.35. The summed E-state index contributed by atoms with van der Waals surface area (Å²) in [5, 5.41) is 5.94. The van der Waals surface area contributed by atoms with Gasteiger partial charge in [-0.15, -0.1) is 11.3 Å². The van der Waals surface area contributed by atoms with E-state index >= 15 is 0 Å². The maximum Gasteiger partial charge on any atom is 0.290 e. The number of fused-ring (bicyclic) bond motifs is 1. The van der Waals surface area contributed by atoms with Gasteiger partial charge in [0.25, 0.3) is 5.91 Å². The van der Waals surface area contributed by atoms with Gasteiger partial charge >= 0.3 is 0 Å². The number of carbonyl (C=O) groups excluding carboxylic acids is 1. The maximum atomic E-state index is 12.3. The number of thiazole rings is 1. The van der Waals surface area contributed by atoms with Gasteiger partial charge < -0.3 is 0 Å². The van der Waals surface area contributed by atoms with E-state index in [1.807, 2.05) is 30.6 Å². The van der Waals surface area contributed by atoms with Crippen LogP contribution in [0, 0.1) is 6.92 Å². The van der Waals surface area contributed by atoms with Crippen LogP contribution >= 0.6 is 11.3 Å². The standard InChI is InChI=1S/C17H18N4OS/c1-11(2)14-6-4-13(5-7-14)10-18-20-16(22)15-12(3)19-17-21(15)8-9-23-17/h4-11H,1-3H3,(H,20,22). The number of imidazole rings is 1. The normalized spacial score (nSPS) is 11.7. The Bertz CT molecular complexity index is 858. The molecule has 0 aliphatic rings. The van der Waals surface area contributed by atoms with Gasteiger partial charge in [-0.3, -0.25) is 9.20 Å². The monoisotopic (exact) mass is 326 g/mol. The Morgan fingerprint density at radius 3 is 2.78 bits per heavy atom. The molecule has 2 heterocycles. The van der Waals surface area contributed by atoms with Crippen molar-refractivity contribution < 1.29 is 4.79 Å². The molecule has 0 fully saturated rings. The Hall–Kier alpha value is -2.47. The second-order valence-electron chi connectivity index (χ2n) is 5.62. The molecule has 118 valence electrons. The van der Waals surface area contributed by atoms with E-state index in [4.69, 9.17) is 0 Å².